The van der Waals surface area contributed by atoms with Crippen LogP contribution >= 0.6 is 27.7 Å². The Kier molecular flexibility index (Phi) is 6.13. The third kappa shape index (κ3) is 3.71. The first-order valence-electron chi connectivity index (χ1n) is 8.77. The molecule has 2 aromatic heterocycles. The number of aromatic nitrogens is 5. The Balaban J connectivity index is 2.13. The van der Waals surface area contributed by atoms with Crippen LogP contribution in [0, 0.1) is 6.92 Å². The molecule has 8 heteroatoms. The third-order valence-corrected chi connectivity index (χ3v) is 5.60. The van der Waals surface area contributed by atoms with Crippen LogP contribution in [0.25, 0.3) is 16.9 Å². The summed E-state index contributed by atoms with van der Waals surface area (Å²) >= 11 is 5.36. The fraction of sp³-hybridized carbons (Fsp3) is 0.444. The monoisotopic (exact) mass is 434 g/mol. The van der Waals surface area contributed by atoms with Crippen molar-refractivity contribution in [2.24, 2.45) is 0 Å². The van der Waals surface area contributed by atoms with Crippen LogP contribution in [0.2, 0.25) is 0 Å². The first-order chi connectivity index (χ1) is 12.6. The van der Waals surface area contributed by atoms with Crippen molar-refractivity contribution in [3.05, 3.63) is 28.5 Å². The summed E-state index contributed by atoms with van der Waals surface area (Å²) in [6.07, 6.45) is 4.32. The Morgan fingerprint density at radius 1 is 1.23 bits per heavy atom. The lowest BCUT2D eigenvalue weighted by Gasteiger charge is -2.21. The number of benzene rings is 1. The molecule has 0 bridgehead atoms. The van der Waals surface area contributed by atoms with Crippen molar-refractivity contribution in [1.82, 2.24) is 25.0 Å². The van der Waals surface area contributed by atoms with E-state index in [1.807, 2.05) is 13.0 Å². The van der Waals surface area contributed by atoms with Crippen LogP contribution < -0.4 is 4.90 Å². The molecule has 0 spiro atoms. The molecule has 0 unspecified atom stereocenters. The number of halogens is 1. The number of fused-ring (bicyclic) bond motifs is 1. The minimum absolute atomic E-state index is 0.725. The number of aryl methyl sites for hydroxylation is 1. The van der Waals surface area contributed by atoms with Crippen molar-refractivity contribution in [3.8, 4) is 5.69 Å². The highest BCUT2D eigenvalue weighted by molar-refractivity contribution is 9.10. The molecule has 0 radical (unpaired) electrons. The van der Waals surface area contributed by atoms with Gasteiger partial charge in [-0.3, -0.25) is 0 Å². The van der Waals surface area contributed by atoms with E-state index in [0.717, 1.165) is 58.9 Å². The van der Waals surface area contributed by atoms with Gasteiger partial charge in [-0.2, -0.15) is 4.68 Å². The van der Waals surface area contributed by atoms with Crippen LogP contribution in [0.4, 0.5) is 5.82 Å². The Labute approximate surface area is 166 Å². The van der Waals surface area contributed by atoms with Crippen LogP contribution in [-0.2, 0) is 0 Å². The van der Waals surface area contributed by atoms with Gasteiger partial charge in [0.15, 0.2) is 17.0 Å². The van der Waals surface area contributed by atoms with Gasteiger partial charge in [-0.25, -0.2) is 9.97 Å². The summed E-state index contributed by atoms with van der Waals surface area (Å²) in [5, 5.41) is 8.80. The van der Waals surface area contributed by atoms with E-state index in [9.17, 15) is 0 Å². The van der Waals surface area contributed by atoms with Crippen LogP contribution in [0.3, 0.4) is 0 Å². The highest BCUT2D eigenvalue weighted by Gasteiger charge is 2.19. The lowest BCUT2D eigenvalue weighted by Crippen LogP contribution is -2.25. The second-order valence-electron chi connectivity index (χ2n) is 6.02. The zero-order valence-corrected chi connectivity index (χ0v) is 17.9. The predicted molar refractivity (Wildman–Crippen MR) is 111 cm³/mol. The second-order valence-corrected chi connectivity index (χ2v) is 7.75. The fourth-order valence-corrected chi connectivity index (χ4v) is 3.98. The van der Waals surface area contributed by atoms with Gasteiger partial charge in [-0.1, -0.05) is 18.6 Å². The summed E-state index contributed by atoms with van der Waals surface area (Å²) < 4.78 is 2.75. The average molecular weight is 435 g/mol. The van der Waals surface area contributed by atoms with E-state index in [1.54, 1.807) is 16.4 Å². The average Bonchev–Trinajstić information content (AvgIpc) is 3.05. The summed E-state index contributed by atoms with van der Waals surface area (Å²) in [7, 11) is 0. The molecule has 0 aliphatic carbocycles. The topological polar surface area (TPSA) is 59.7 Å². The Hall–Kier alpha value is -1.67. The van der Waals surface area contributed by atoms with E-state index in [0.29, 0.717) is 0 Å². The van der Waals surface area contributed by atoms with Crippen LogP contribution in [0.1, 0.15) is 32.5 Å². The molecule has 0 N–H and O–H groups in total. The third-order valence-electron chi connectivity index (χ3n) is 4.24. The molecule has 1 aromatic carbocycles. The summed E-state index contributed by atoms with van der Waals surface area (Å²) in [5.41, 5.74) is 2.40. The molecule has 138 valence electrons. The zero-order valence-electron chi connectivity index (χ0n) is 15.5. The van der Waals surface area contributed by atoms with Crippen LogP contribution in [0.15, 0.2) is 27.6 Å². The maximum atomic E-state index is 4.67. The number of rotatable bonds is 7. The SMILES string of the molecule is CCCCN(CC)c1nc(C)nc2c1nnn2-c1ccc(SC)cc1Br. The molecule has 0 atom stereocenters. The molecule has 3 rings (SSSR count). The highest BCUT2D eigenvalue weighted by atomic mass is 79.9. The van der Waals surface area contributed by atoms with Gasteiger partial charge in [-0.15, -0.1) is 16.9 Å². The van der Waals surface area contributed by atoms with E-state index < -0.39 is 0 Å². The quantitative estimate of drug-likeness (QED) is 0.505. The molecule has 26 heavy (non-hydrogen) atoms. The number of hydrogen-bond donors (Lipinski definition) is 0. The maximum absolute atomic E-state index is 4.67. The number of hydrogen-bond acceptors (Lipinski definition) is 6. The Morgan fingerprint density at radius 3 is 2.69 bits per heavy atom. The van der Waals surface area contributed by atoms with Gasteiger partial charge < -0.3 is 4.90 Å². The molecule has 0 amide bonds. The van der Waals surface area contributed by atoms with Crippen molar-refractivity contribution < 1.29 is 0 Å². The summed E-state index contributed by atoms with van der Waals surface area (Å²) in [4.78, 5) is 12.7. The number of unbranched alkanes of at least 4 members (excludes halogenated alkanes) is 1. The Morgan fingerprint density at radius 2 is 2.04 bits per heavy atom. The molecular formula is C18H23BrN6S. The lowest BCUT2D eigenvalue weighted by molar-refractivity contribution is 0.723. The number of anilines is 1. The van der Waals surface area contributed by atoms with E-state index in [-0.39, 0.29) is 0 Å². The van der Waals surface area contributed by atoms with Gasteiger partial charge in [0.2, 0.25) is 0 Å². The van der Waals surface area contributed by atoms with Gasteiger partial charge in [0.05, 0.1) is 5.69 Å². The molecule has 0 aliphatic heterocycles. The molecule has 0 saturated carbocycles. The predicted octanol–water partition coefficient (Wildman–Crippen LogP) is 4.63. The molecular weight excluding hydrogens is 412 g/mol. The molecule has 0 saturated heterocycles. The largest absolute Gasteiger partial charge is 0.355 e. The van der Waals surface area contributed by atoms with Gasteiger partial charge in [0, 0.05) is 22.5 Å². The first kappa shape index (κ1) is 19.1. The van der Waals surface area contributed by atoms with Crippen LogP contribution in [0.5, 0.6) is 0 Å². The van der Waals surface area contributed by atoms with Gasteiger partial charge in [-0.05, 0) is 60.7 Å². The normalized spacial score (nSPS) is 11.3. The van der Waals surface area contributed by atoms with Gasteiger partial charge in [0.25, 0.3) is 0 Å². The number of thioether (sulfide) groups is 1. The number of nitrogens with zero attached hydrogens (tertiary/aromatic N) is 6. The van der Waals surface area contributed by atoms with Crippen molar-refractivity contribution in [2.75, 3.05) is 24.2 Å². The summed E-state index contributed by atoms with van der Waals surface area (Å²) in [6.45, 7) is 8.09. The van der Waals surface area contributed by atoms with Crippen molar-refractivity contribution in [2.45, 2.75) is 38.5 Å². The second kappa shape index (κ2) is 8.35. The van der Waals surface area contributed by atoms with Gasteiger partial charge >= 0.3 is 0 Å². The van der Waals surface area contributed by atoms with E-state index in [4.69, 9.17) is 0 Å². The van der Waals surface area contributed by atoms with E-state index in [1.165, 1.54) is 4.90 Å². The zero-order chi connectivity index (χ0) is 18.7. The molecule has 0 fully saturated rings. The standard InChI is InChI=1S/C18H23BrN6S/c1-5-7-10-24(6-2)17-16-18(21-12(3)20-17)25(23-22-16)15-9-8-13(26-4)11-14(15)19/h8-9,11H,5-7,10H2,1-4H3. The van der Waals surface area contributed by atoms with Crippen molar-refractivity contribution in [3.63, 3.8) is 0 Å². The summed E-state index contributed by atoms with van der Waals surface area (Å²) in [5.74, 6) is 1.59. The molecule has 6 nitrogen and oxygen atoms in total. The molecule has 2 heterocycles. The molecule has 3 aromatic rings. The van der Waals surface area contributed by atoms with Gasteiger partial charge in [0.1, 0.15) is 5.82 Å². The molecule has 0 aliphatic rings. The van der Waals surface area contributed by atoms with Crippen LogP contribution in [-0.4, -0.2) is 44.3 Å². The van der Waals surface area contributed by atoms with Crippen molar-refractivity contribution >= 4 is 44.7 Å². The first-order valence-corrected chi connectivity index (χ1v) is 10.8. The Bertz CT molecular complexity index is 910. The smallest absolute Gasteiger partial charge is 0.189 e. The highest BCUT2D eigenvalue weighted by Crippen LogP contribution is 2.29. The van der Waals surface area contributed by atoms with E-state index >= 15 is 0 Å². The van der Waals surface area contributed by atoms with Crippen molar-refractivity contribution in [1.29, 1.82) is 0 Å². The lowest BCUT2D eigenvalue weighted by atomic mass is 10.3. The fourth-order valence-electron chi connectivity index (χ4n) is 2.84. The minimum Gasteiger partial charge on any atom is -0.355 e. The van der Waals surface area contributed by atoms with E-state index in [2.05, 4.69) is 73.3 Å². The summed E-state index contributed by atoms with van der Waals surface area (Å²) in [6, 6.07) is 6.20. The minimum atomic E-state index is 0.725. The maximum Gasteiger partial charge on any atom is 0.189 e.